The molecule has 25 heavy (non-hydrogen) atoms. The Labute approximate surface area is 151 Å². The van der Waals surface area contributed by atoms with Gasteiger partial charge in [0.05, 0.1) is 0 Å². The zero-order valence-electron chi connectivity index (χ0n) is 15.8. The summed E-state index contributed by atoms with van der Waals surface area (Å²) in [6, 6.07) is 8.63. The smallest absolute Gasteiger partial charge is 0.224 e. The molecule has 1 saturated heterocycles. The van der Waals surface area contributed by atoms with E-state index in [1.165, 1.54) is 11.1 Å². The molecule has 0 saturated carbocycles. The summed E-state index contributed by atoms with van der Waals surface area (Å²) in [6.07, 6.45) is 2.80. The molecule has 138 valence electrons. The number of likely N-dealkylation sites (tertiary alicyclic amines) is 1. The van der Waals surface area contributed by atoms with Crippen molar-refractivity contribution in [2.75, 3.05) is 32.7 Å². The van der Waals surface area contributed by atoms with Gasteiger partial charge in [-0.05, 0) is 32.3 Å². The third-order valence-corrected chi connectivity index (χ3v) is 4.60. The zero-order valence-corrected chi connectivity index (χ0v) is 15.8. The molecule has 1 aromatic rings. The average molecular weight is 345 g/mol. The predicted molar refractivity (Wildman–Crippen MR) is 104 cm³/mol. The van der Waals surface area contributed by atoms with E-state index in [1.807, 2.05) is 4.90 Å². The lowest BCUT2D eigenvalue weighted by atomic mass is 10.0. The summed E-state index contributed by atoms with van der Waals surface area (Å²) in [5.41, 5.74) is 2.58. The Bertz CT molecular complexity index is 562. The number of nitrogens with zero attached hydrogens (tertiary/aromatic N) is 2. The third-order valence-electron chi connectivity index (χ3n) is 4.60. The number of nitrogens with one attached hydrogen (secondary N) is 2. The van der Waals surface area contributed by atoms with E-state index in [9.17, 15) is 4.79 Å². The highest BCUT2D eigenvalue weighted by atomic mass is 16.2. The minimum Gasteiger partial charge on any atom is -0.357 e. The standard InChI is InChI=1S/C20H32N4O/c1-4-21-20(22-12-11-19(25)24-13-5-6-14-24)23-15-17(3)18-9-7-16(2)8-10-18/h7-10,17H,4-6,11-15H2,1-3H3,(H2,21,22,23). The van der Waals surface area contributed by atoms with Crippen LogP contribution in [0.2, 0.25) is 0 Å². The van der Waals surface area contributed by atoms with Crippen molar-refractivity contribution in [1.82, 2.24) is 15.5 Å². The van der Waals surface area contributed by atoms with E-state index in [1.54, 1.807) is 0 Å². The maximum absolute atomic E-state index is 12.1. The van der Waals surface area contributed by atoms with Crippen LogP contribution >= 0.6 is 0 Å². The number of carbonyl (C=O) groups excluding carboxylic acids is 1. The van der Waals surface area contributed by atoms with Gasteiger partial charge < -0.3 is 15.5 Å². The van der Waals surface area contributed by atoms with Crippen LogP contribution in [0.1, 0.15) is 50.2 Å². The van der Waals surface area contributed by atoms with Gasteiger partial charge in [-0.2, -0.15) is 0 Å². The van der Waals surface area contributed by atoms with Crippen molar-refractivity contribution in [2.45, 2.75) is 46.0 Å². The second-order valence-electron chi connectivity index (χ2n) is 6.80. The fourth-order valence-corrected chi connectivity index (χ4v) is 2.98. The van der Waals surface area contributed by atoms with E-state index in [4.69, 9.17) is 0 Å². The quantitative estimate of drug-likeness (QED) is 0.591. The molecule has 1 aliphatic rings. The molecule has 1 heterocycles. The van der Waals surface area contributed by atoms with Crippen molar-refractivity contribution in [1.29, 1.82) is 0 Å². The average Bonchev–Trinajstić information content (AvgIpc) is 3.14. The predicted octanol–water partition coefficient (Wildman–Crippen LogP) is 2.67. The van der Waals surface area contributed by atoms with Crippen LogP contribution in [0.3, 0.4) is 0 Å². The molecule has 2 N–H and O–H groups in total. The summed E-state index contributed by atoms with van der Waals surface area (Å²) in [6.45, 7) is 10.3. The number of benzene rings is 1. The lowest BCUT2D eigenvalue weighted by Gasteiger charge is -2.17. The van der Waals surface area contributed by atoms with Crippen LogP contribution in [0, 0.1) is 6.92 Å². The van der Waals surface area contributed by atoms with Crippen molar-refractivity contribution < 1.29 is 4.79 Å². The van der Waals surface area contributed by atoms with Gasteiger partial charge in [0.25, 0.3) is 0 Å². The normalized spacial score (nSPS) is 16.0. The number of rotatable bonds is 7. The van der Waals surface area contributed by atoms with Gasteiger partial charge in [0.1, 0.15) is 0 Å². The summed E-state index contributed by atoms with van der Waals surface area (Å²) in [5.74, 6) is 1.40. The number of aryl methyl sites for hydroxylation is 1. The summed E-state index contributed by atoms with van der Waals surface area (Å²) < 4.78 is 0. The second kappa shape index (κ2) is 10.1. The summed E-state index contributed by atoms with van der Waals surface area (Å²) in [5, 5.41) is 6.54. The van der Waals surface area contributed by atoms with Crippen LogP contribution in [0.15, 0.2) is 29.3 Å². The van der Waals surface area contributed by atoms with Crippen molar-refractivity contribution in [3.63, 3.8) is 0 Å². The number of guanidine groups is 1. The van der Waals surface area contributed by atoms with Crippen LogP contribution in [-0.2, 0) is 4.79 Å². The Morgan fingerprint density at radius 1 is 1.20 bits per heavy atom. The molecule has 5 nitrogen and oxygen atoms in total. The number of hydrogen-bond donors (Lipinski definition) is 2. The number of carbonyl (C=O) groups is 1. The molecule has 1 unspecified atom stereocenters. The first-order chi connectivity index (χ1) is 12.1. The fourth-order valence-electron chi connectivity index (χ4n) is 2.98. The molecular formula is C20H32N4O. The topological polar surface area (TPSA) is 56.7 Å². The van der Waals surface area contributed by atoms with Crippen LogP contribution < -0.4 is 10.6 Å². The van der Waals surface area contributed by atoms with Crippen LogP contribution in [0.4, 0.5) is 0 Å². The molecule has 0 bridgehead atoms. The van der Waals surface area contributed by atoms with Gasteiger partial charge >= 0.3 is 0 Å². The number of amides is 1. The van der Waals surface area contributed by atoms with Gasteiger partial charge in [0, 0.05) is 45.1 Å². The van der Waals surface area contributed by atoms with Gasteiger partial charge in [-0.25, -0.2) is 0 Å². The Hall–Kier alpha value is -2.04. The van der Waals surface area contributed by atoms with Crippen molar-refractivity contribution >= 4 is 11.9 Å². The summed E-state index contributed by atoms with van der Waals surface area (Å²) in [4.78, 5) is 18.7. The highest BCUT2D eigenvalue weighted by Crippen LogP contribution is 2.16. The van der Waals surface area contributed by atoms with Crippen LogP contribution in [0.5, 0.6) is 0 Å². The Balaban J connectivity index is 1.80. The largest absolute Gasteiger partial charge is 0.357 e. The molecular weight excluding hydrogens is 312 g/mol. The van der Waals surface area contributed by atoms with E-state index < -0.39 is 0 Å². The lowest BCUT2D eigenvalue weighted by Crippen LogP contribution is -2.40. The summed E-state index contributed by atoms with van der Waals surface area (Å²) in [7, 11) is 0. The van der Waals surface area contributed by atoms with Crippen LogP contribution in [0.25, 0.3) is 0 Å². The summed E-state index contributed by atoms with van der Waals surface area (Å²) >= 11 is 0. The van der Waals surface area contributed by atoms with Gasteiger partial charge in [0.15, 0.2) is 5.96 Å². The lowest BCUT2D eigenvalue weighted by molar-refractivity contribution is -0.129. The van der Waals surface area contributed by atoms with Gasteiger partial charge in [0.2, 0.25) is 5.91 Å². The van der Waals surface area contributed by atoms with E-state index in [0.717, 1.165) is 45.0 Å². The molecule has 1 amide bonds. The van der Waals surface area contributed by atoms with Gasteiger partial charge in [-0.1, -0.05) is 36.8 Å². The highest BCUT2D eigenvalue weighted by molar-refractivity contribution is 5.81. The molecule has 1 aliphatic heterocycles. The molecule has 1 atom stereocenters. The van der Waals surface area contributed by atoms with Crippen molar-refractivity contribution in [2.24, 2.45) is 4.99 Å². The van der Waals surface area contributed by atoms with Gasteiger partial charge in [-0.15, -0.1) is 0 Å². The minimum absolute atomic E-state index is 0.244. The van der Waals surface area contributed by atoms with Crippen molar-refractivity contribution in [3.8, 4) is 0 Å². The van der Waals surface area contributed by atoms with Crippen LogP contribution in [-0.4, -0.2) is 49.5 Å². The zero-order chi connectivity index (χ0) is 18.1. The van der Waals surface area contributed by atoms with Gasteiger partial charge in [-0.3, -0.25) is 9.79 Å². The molecule has 0 aliphatic carbocycles. The maximum atomic E-state index is 12.1. The molecule has 1 fully saturated rings. The molecule has 0 radical (unpaired) electrons. The fraction of sp³-hybridized carbons (Fsp3) is 0.600. The first-order valence-corrected chi connectivity index (χ1v) is 9.46. The third kappa shape index (κ3) is 6.40. The Morgan fingerprint density at radius 2 is 1.88 bits per heavy atom. The highest BCUT2D eigenvalue weighted by Gasteiger charge is 2.17. The van der Waals surface area contributed by atoms with E-state index in [-0.39, 0.29) is 5.91 Å². The number of hydrogen-bond acceptors (Lipinski definition) is 2. The SMILES string of the molecule is CCNC(=NCC(C)c1ccc(C)cc1)NCCC(=O)N1CCCC1. The first-order valence-electron chi connectivity index (χ1n) is 9.46. The van der Waals surface area contributed by atoms with E-state index in [2.05, 4.69) is 60.7 Å². The molecule has 0 spiro atoms. The van der Waals surface area contributed by atoms with E-state index in [0.29, 0.717) is 18.9 Å². The maximum Gasteiger partial charge on any atom is 0.224 e. The molecule has 2 rings (SSSR count). The molecule has 5 heteroatoms. The monoisotopic (exact) mass is 344 g/mol. The molecule has 0 aromatic heterocycles. The Morgan fingerprint density at radius 3 is 2.52 bits per heavy atom. The van der Waals surface area contributed by atoms with E-state index >= 15 is 0 Å². The Kier molecular flexibility index (Phi) is 7.76. The molecule has 1 aromatic carbocycles. The first kappa shape index (κ1) is 19.3. The number of aliphatic imine (C=N–C) groups is 1. The minimum atomic E-state index is 0.244. The second-order valence-corrected chi connectivity index (χ2v) is 6.80. The van der Waals surface area contributed by atoms with Crippen molar-refractivity contribution in [3.05, 3.63) is 35.4 Å².